The second-order valence-electron chi connectivity index (χ2n) is 4.85. The van der Waals surface area contributed by atoms with Crippen LogP contribution < -0.4 is 0 Å². The van der Waals surface area contributed by atoms with Gasteiger partial charge in [-0.1, -0.05) is 51.7 Å². The molecule has 0 radical (unpaired) electrons. The standard InChI is InChI=1S/C14H25B/c1-6-9-13-10(4)11(5)14(15-8-3)12(13)7-2/h6,9-11,13,15H,7-8H2,1-5H3/b9-6-. The fourth-order valence-electron chi connectivity index (χ4n) is 3.07. The lowest BCUT2D eigenvalue weighted by atomic mass is 9.62. The average molecular weight is 204 g/mol. The molecule has 15 heavy (non-hydrogen) atoms. The lowest BCUT2D eigenvalue weighted by Crippen LogP contribution is -2.11. The number of rotatable bonds is 4. The molecule has 84 valence electrons. The highest BCUT2D eigenvalue weighted by molar-refractivity contribution is 6.45. The van der Waals surface area contributed by atoms with Crippen molar-refractivity contribution in [2.45, 2.75) is 47.4 Å². The van der Waals surface area contributed by atoms with Crippen molar-refractivity contribution in [3.05, 3.63) is 23.2 Å². The van der Waals surface area contributed by atoms with Crippen molar-refractivity contribution in [3.63, 3.8) is 0 Å². The van der Waals surface area contributed by atoms with Crippen LogP contribution in [-0.4, -0.2) is 7.28 Å². The molecule has 0 aliphatic heterocycles. The van der Waals surface area contributed by atoms with E-state index in [0.29, 0.717) is 0 Å². The largest absolute Gasteiger partial charge is 0.152 e. The molecule has 0 heterocycles. The van der Waals surface area contributed by atoms with Crippen molar-refractivity contribution in [2.24, 2.45) is 17.8 Å². The first-order valence-corrected chi connectivity index (χ1v) is 6.51. The Balaban J connectivity index is 2.99. The molecule has 0 amide bonds. The van der Waals surface area contributed by atoms with Gasteiger partial charge in [-0.2, -0.15) is 0 Å². The molecule has 0 N–H and O–H groups in total. The molecule has 3 unspecified atom stereocenters. The van der Waals surface area contributed by atoms with E-state index < -0.39 is 0 Å². The Kier molecular flexibility index (Phi) is 4.69. The maximum Gasteiger partial charge on any atom is 0.152 e. The third-order valence-electron chi connectivity index (χ3n) is 4.02. The molecule has 1 aliphatic rings. The monoisotopic (exact) mass is 204 g/mol. The molecule has 1 heteroatoms. The zero-order chi connectivity index (χ0) is 11.4. The topological polar surface area (TPSA) is 0 Å². The van der Waals surface area contributed by atoms with Crippen LogP contribution >= 0.6 is 0 Å². The first kappa shape index (κ1) is 12.6. The Morgan fingerprint density at radius 3 is 2.40 bits per heavy atom. The smallest absolute Gasteiger partial charge is 0.103 e. The molecule has 0 aromatic rings. The molecule has 0 spiro atoms. The first-order valence-electron chi connectivity index (χ1n) is 6.51. The lowest BCUT2D eigenvalue weighted by Gasteiger charge is -2.18. The van der Waals surface area contributed by atoms with E-state index >= 15 is 0 Å². The highest BCUT2D eigenvalue weighted by atomic mass is 14.4. The second-order valence-corrected chi connectivity index (χ2v) is 4.85. The predicted octanol–water partition coefficient (Wildman–Crippen LogP) is 4.00. The van der Waals surface area contributed by atoms with Gasteiger partial charge >= 0.3 is 0 Å². The Morgan fingerprint density at radius 2 is 1.93 bits per heavy atom. The summed E-state index contributed by atoms with van der Waals surface area (Å²) >= 11 is 0. The maximum atomic E-state index is 2.41. The Hall–Kier alpha value is -0.455. The van der Waals surface area contributed by atoms with Crippen LogP contribution in [0.2, 0.25) is 6.32 Å². The van der Waals surface area contributed by atoms with Crippen LogP contribution in [0.25, 0.3) is 0 Å². The predicted molar refractivity (Wildman–Crippen MR) is 71.6 cm³/mol. The zero-order valence-electron chi connectivity index (χ0n) is 11.0. The Labute approximate surface area is 96.1 Å². The summed E-state index contributed by atoms with van der Waals surface area (Å²) in [5.41, 5.74) is 3.49. The SMILES string of the molecule is C/C=C\C1C(CC)=C(BCC)C(C)C1C. The fourth-order valence-corrected chi connectivity index (χ4v) is 3.07. The van der Waals surface area contributed by atoms with Crippen molar-refractivity contribution in [3.8, 4) is 0 Å². The van der Waals surface area contributed by atoms with Crippen LogP contribution in [-0.2, 0) is 0 Å². The minimum absolute atomic E-state index is 0.719. The second kappa shape index (κ2) is 5.58. The molecular weight excluding hydrogens is 179 g/mol. The number of allylic oxidation sites excluding steroid dienone is 4. The molecule has 0 aromatic heterocycles. The van der Waals surface area contributed by atoms with Gasteiger partial charge < -0.3 is 0 Å². The molecule has 0 aromatic carbocycles. The first-order chi connectivity index (χ1) is 7.17. The van der Waals surface area contributed by atoms with Gasteiger partial charge in [-0.25, -0.2) is 0 Å². The molecule has 0 bridgehead atoms. The molecule has 0 nitrogen and oxygen atoms in total. The van der Waals surface area contributed by atoms with Gasteiger partial charge in [0.15, 0.2) is 7.28 Å². The zero-order valence-corrected chi connectivity index (χ0v) is 11.0. The van der Waals surface area contributed by atoms with Crippen LogP contribution in [0.3, 0.4) is 0 Å². The maximum absolute atomic E-state index is 2.41. The summed E-state index contributed by atoms with van der Waals surface area (Å²) in [4.78, 5) is 0. The molecular formula is C14H25B. The van der Waals surface area contributed by atoms with Gasteiger partial charge in [-0.05, 0) is 25.2 Å². The average Bonchev–Trinajstić information content (AvgIpc) is 2.45. The lowest BCUT2D eigenvalue weighted by molar-refractivity contribution is 0.420. The quantitative estimate of drug-likeness (QED) is 0.479. The highest BCUT2D eigenvalue weighted by Crippen LogP contribution is 2.43. The minimum Gasteiger partial charge on any atom is -0.103 e. The van der Waals surface area contributed by atoms with Gasteiger partial charge in [-0.3, -0.25) is 0 Å². The van der Waals surface area contributed by atoms with Crippen LogP contribution in [0.4, 0.5) is 0 Å². The Morgan fingerprint density at radius 1 is 1.27 bits per heavy atom. The van der Waals surface area contributed by atoms with E-state index in [2.05, 4.69) is 46.8 Å². The molecule has 3 atom stereocenters. The Bertz CT molecular complexity index is 263. The highest BCUT2D eigenvalue weighted by Gasteiger charge is 2.34. The molecule has 1 rings (SSSR count). The molecule has 0 saturated heterocycles. The summed E-state index contributed by atoms with van der Waals surface area (Å²) in [7, 11) is 1.31. The van der Waals surface area contributed by atoms with Crippen molar-refractivity contribution in [1.29, 1.82) is 0 Å². The number of hydrogen-bond acceptors (Lipinski definition) is 0. The molecule has 0 fully saturated rings. The van der Waals surface area contributed by atoms with E-state index in [-0.39, 0.29) is 0 Å². The summed E-state index contributed by atoms with van der Waals surface area (Å²) in [5.74, 6) is 2.32. The third-order valence-corrected chi connectivity index (χ3v) is 4.02. The van der Waals surface area contributed by atoms with E-state index in [4.69, 9.17) is 0 Å². The van der Waals surface area contributed by atoms with Gasteiger partial charge in [0.1, 0.15) is 0 Å². The van der Waals surface area contributed by atoms with E-state index in [1.54, 1.807) is 11.0 Å². The van der Waals surface area contributed by atoms with E-state index in [1.807, 2.05) is 0 Å². The van der Waals surface area contributed by atoms with Crippen LogP contribution in [0.5, 0.6) is 0 Å². The van der Waals surface area contributed by atoms with Crippen LogP contribution in [0.1, 0.15) is 41.0 Å². The van der Waals surface area contributed by atoms with E-state index in [9.17, 15) is 0 Å². The van der Waals surface area contributed by atoms with Crippen LogP contribution in [0, 0.1) is 17.8 Å². The normalized spacial score (nSPS) is 31.7. The summed E-state index contributed by atoms with van der Waals surface area (Å²) in [6.45, 7) is 11.6. The van der Waals surface area contributed by atoms with Gasteiger partial charge in [0.2, 0.25) is 0 Å². The van der Waals surface area contributed by atoms with E-state index in [1.165, 1.54) is 20.0 Å². The van der Waals surface area contributed by atoms with Gasteiger partial charge in [0, 0.05) is 5.92 Å². The van der Waals surface area contributed by atoms with Crippen molar-refractivity contribution in [2.75, 3.05) is 0 Å². The van der Waals surface area contributed by atoms with Crippen molar-refractivity contribution in [1.82, 2.24) is 0 Å². The minimum atomic E-state index is 0.719. The third kappa shape index (κ3) is 2.38. The fraction of sp³-hybridized carbons (Fsp3) is 0.714. The van der Waals surface area contributed by atoms with Gasteiger partial charge in [-0.15, -0.1) is 5.47 Å². The van der Waals surface area contributed by atoms with Gasteiger partial charge in [0.25, 0.3) is 0 Å². The summed E-state index contributed by atoms with van der Waals surface area (Å²) in [6, 6.07) is 0. The molecule has 1 aliphatic carbocycles. The molecule has 0 saturated carbocycles. The van der Waals surface area contributed by atoms with Crippen molar-refractivity contribution >= 4 is 7.28 Å². The summed E-state index contributed by atoms with van der Waals surface area (Å²) in [6.07, 6.45) is 7.15. The van der Waals surface area contributed by atoms with Crippen molar-refractivity contribution < 1.29 is 0 Å². The van der Waals surface area contributed by atoms with Crippen LogP contribution in [0.15, 0.2) is 23.2 Å². The van der Waals surface area contributed by atoms with E-state index in [0.717, 1.165) is 17.8 Å². The summed E-state index contributed by atoms with van der Waals surface area (Å²) in [5, 5.41) is 0. The number of hydrogen-bond donors (Lipinski definition) is 0. The van der Waals surface area contributed by atoms with Gasteiger partial charge in [0.05, 0.1) is 0 Å². The summed E-state index contributed by atoms with van der Waals surface area (Å²) < 4.78 is 0.